The normalized spacial score (nSPS) is 12.0. The van der Waals surface area contributed by atoms with Crippen LogP contribution < -0.4 is 9.47 Å². The summed E-state index contributed by atoms with van der Waals surface area (Å²) in [6, 6.07) is 18.0. The van der Waals surface area contributed by atoms with Gasteiger partial charge in [0.05, 0.1) is 0 Å². The molecule has 0 radical (unpaired) electrons. The minimum atomic E-state index is -0.387. The largest absolute Gasteiger partial charge is 0.488 e. The Balaban J connectivity index is 2.13. The molecule has 2 rings (SSSR count). The van der Waals surface area contributed by atoms with E-state index < -0.39 is 0 Å². The monoisotopic (exact) mass is 284 g/mol. The summed E-state index contributed by atoms with van der Waals surface area (Å²) in [6.45, 7) is 10.3. The molecule has 0 aliphatic carbocycles. The standard InChI is InChI=1S/C19H24O2/c1-18(2,3)20-17-13-11-15(12-14-17)19(4,5)21-16-9-7-6-8-10-16/h6-14H,1-5H3. The second-order valence-electron chi connectivity index (χ2n) is 6.66. The molecule has 0 unspecified atom stereocenters. The van der Waals surface area contributed by atoms with Crippen LogP contribution in [-0.2, 0) is 5.60 Å². The second kappa shape index (κ2) is 5.80. The zero-order valence-electron chi connectivity index (χ0n) is 13.5. The molecule has 0 aliphatic rings. The van der Waals surface area contributed by atoms with Gasteiger partial charge < -0.3 is 9.47 Å². The third-order valence-electron chi connectivity index (χ3n) is 3.09. The maximum Gasteiger partial charge on any atom is 0.128 e. The third kappa shape index (κ3) is 4.52. The number of rotatable bonds is 4. The van der Waals surface area contributed by atoms with Crippen LogP contribution in [0.1, 0.15) is 40.2 Å². The van der Waals surface area contributed by atoms with Crippen LogP contribution in [-0.4, -0.2) is 5.60 Å². The highest BCUT2D eigenvalue weighted by Gasteiger charge is 2.23. The quantitative estimate of drug-likeness (QED) is 0.770. The van der Waals surface area contributed by atoms with Gasteiger partial charge in [-0.25, -0.2) is 0 Å². The van der Waals surface area contributed by atoms with Crippen LogP contribution in [0.5, 0.6) is 11.5 Å². The molecule has 0 aromatic heterocycles. The smallest absolute Gasteiger partial charge is 0.128 e. The molecule has 0 saturated carbocycles. The van der Waals surface area contributed by atoms with Crippen molar-refractivity contribution in [1.29, 1.82) is 0 Å². The first-order chi connectivity index (χ1) is 9.76. The Labute approximate surface area is 127 Å². The van der Waals surface area contributed by atoms with Crippen molar-refractivity contribution in [2.24, 2.45) is 0 Å². The minimum Gasteiger partial charge on any atom is -0.488 e. The van der Waals surface area contributed by atoms with E-state index in [4.69, 9.17) is 9.47 Å². The van der Waals surface area contributed by atoms with Crippen molar-refractivity contribution < 1.29 is 9.47 Å². The van der Waals surface area contributed by atoms with E-state index in [2.05, 4.69) is 26.0 Å². The lowest BCUT2D eigenvalue weighted by molar-refractivity contribution is 0.108. The molecule has 21 heavy (non-hydrogen) atoms. The maximum atomic E-state index is 6.09. The number of hydrogen-bond donors (Lipinski definition) is 0. The van der Waals surface area contributed by atoms with E-state index in [9.17, 15) is 0 Å². The lowest BCUT2D eigenvalue weighted by atomic mass is 9.98. The zero-order valence-corrected chi connectivity index (χ0v) is 13.5. The fourth-order valence-corrected chi connectivity index (χ4v) is 2.12. The summed E-state index contributed by atoms with van der Waals surface area (Å²) in [7, 11) is 0. The second-order valence-corrected chi connectivity index (χ2v) is 6.66. The lowest BCUT2D eigenvalue weighted by Crippen LogP contribution is -2.25. The van der Waals surface area contributed by atoms with Crippen molar-refractivity contribution in [2.75, 3.05) is 0 Å². The SMILES string of the molecule is CC(C)(C)Oc1ccc(C(C)(C)Oc2ccccc2)cc1. The summed E-state index contributed by atoms with van der Waals surface area (Å²) in [5.74, 6) is 1.75. The van der Waals surface area contributed by atoms with E-state index in [-0.39, 0.29) is 11.2 Å². The Bertz CT molecular complexity index is 563. The van der Waals surface area contributed by atoms with E-state index in [1.54, 1.807) is 0 Å². The molecule has 0 spiro atoms. The van der Waals surface area contributed by atoms with Crippen LogP contribution in [0.15, 0.2) is 54.6 Å². The Hall–Kier alpha value is -1.96. The molecule has 0 amide bonds. The highest BCUT2D eigenvalue weighted by Crippen LogP contribution is 2.29. The van der Waals surface area contributed by atoms with E-state index in [0.29, 0.717) is 0 Å². The van der Waals surface area contributed by atoms with Crippen molar-refractivity contribution in [2.45, 2.75) is 45.8 Å². The van der Waals surface area contributed by atoms with E-state index in [0.717, 1.165) is 17.1 Å². The van der Waals surface area contributed by atoms with Gasteiger partial charge in [-0.05, 0) is 64.4 Å². The molecule has 0 bridgehead atoms. The molecule has 2 aromatic rings. The highest BCUT2D eigenvalue weighted by atomic mass is 16.5. The fourth-order valence-electron chi connectivity index (χ4n) is 2.12. The molecule has 0 fully saturated rings. The van der Waals surface area contributed by atoms with Crippen LogP contribution in [0.25, 0.3) is 0 Å². The Morgan fingerprint density at radius 2 is 1.14 bits per heavy atom. The van der Waals surface area contributed by atoms with Crippen LogP contribution in [0.4, 0.5) is 0 Å². The van der Waals surface area contributed by atoms with Gasteiger partial charge in [0.15, 0.2) is 0 Å². The van der Waals surface area contributed by atoms with E-state index >= 15 is 0 Å². The van der Waals surface area contributed by atoms with Gasteiger partial charge in [0.2, 0.25) is 0 Å². The molecule has 0 aliphatic heterocycles. The molecule has 2 nitrogen and oxygen atoms in total. The number of para-hydroxylation sites is 1. The first kappa shape index (κ1) is 15.4. The van der Waals surface area contributed by atoms with Crippen LogP contribution >= 0.6 is 0 Å². The van der Waals surface area contributed by atoms with Crippen molar-refractivity contribution in [3.8, 4) is 11.5 Å². The summed E-state index contributed by atoms with van der Waals surface area (Å²) < 4.78 is 11.9. The van der Waals surface area contributed by atoms with Crippen molar-refractivity contribution in [3.63, 3.8) is 0 Å². The van der Waals surface area contributed by atoms with Crippen molar-refractivity contribution in [3.05, 3.63) is 60.2 Å². The van der Waals surface area contributed by atoms with Gasteiger partial charge in [0.1, 0.15) is 22.7 Å². The van der Waals surface area contributed by atoms with Gasteiger partial charge in [0.25, 0.3) is 0 Å². The van der Waals surface area contributed by atoms with Gasteiger partial charge >= 0.3 is 0 Å². The first-order valence-corrected chi connectivity index (χ1v) is 7.30. The molecule has 2 aromatic carbocycles. The zero-order chi connectivity index (χ0) is 15.5. The Morgan fingerprint density at radius 3 is 1.67 bits per heavy atom. The summed E-state index contributed by atoms with van der Waals surface area (Å²) in [5, 5.41) is 0. The van der Waals surface area contributed by atoms with Crippen LogP contribution in [0.2, 0.25) is 0 Å². The summed E-state index contributed by atoms with van der Waals surface area (Å²) in [6.07, 6.45) is 0. The van der Waals surface area contributed by atoms with Gasteiger partial charge in [-0.3, -0.25) is 0 Å². The molecule has 0 N–H and O–H groups in total. The first-order valence-electron chi connectivity index (χ1n) is 7.30. The Morgan fingerprint density at radius 1 is 0.619 bits per heavy atom. The van der Waals surface area contributed by atoms with Gasteiger partial charge in [-0.15, -0.1) is 0 Å². The predicted octanol–water partition coefficient (Wildman–Crippen LogP) is 5.18. The highest BCUT2D eigenvalue weighted by molar-refractivity contribution is 5.32. The maximum absolute atomic E-state index is 6.09. The molecular weight excluding hydrogens is 260 g/mol. The lowest BCUT2D eigenvalue weighted by Gasteiger charge is -2.28. The van der Waals surface area contributed by atoms with E-state index in [1.807, 2.05) is 63.2 Å². The van der Waals surface area contributed by atoms with Crippen LogP contribution in [0.3, 0.4) is 0 Å². The Kier molecular flexibility index (Phi) is 4.26. The number of hydrogen-bond acceptors (Lipinski definition) is 2. The number of ether oxygens (including phenoxy) is 2. The van der Waals surface area contributed by atoms with Gasteiger partial charge in [0, 0.05) is 0 Å². The molecule has 0 saturated heterocycles. The average molecular weight is 284 g/mol. The molecule has 0 heterocycles. The summed E-state index contributed by atoms with van der Waals surface area (Å²) in [4.78, 5) is 0. The fraction of sp³-hybridized carbons (Fsp3) is 0.368. The van der Waals surface area contributed by atoms with E-state index in [1.165, 1.54) is 0 Å². The van der Waals surface area contributed by atoms with Crippen molar-refractivity contribution >= 4 is 0 Å². The molecule has 0 atom stereocenters. The summed E-state index contributed by atoms with van der Waals surface area (Å²) in [5.41, 5.74) is 0.548. The molecule has 112 valence electrons. The van der Waals surface area contributed by atoms with Crippen LogP contribution in [0, 0.1) is 0 Å². The van der Waals surface area contributed by atoms with Crippen molar-refractivity contribution in [1.82, 2.24) is 0 Å². The average Bonchev–Trinajstić information content (AvgIpc) is 2.38. The number of benzene rings is 2. The molecule has 2 heteroatoms. The van der Waals surface area contributed by atoms with Gasteiger partial charge in [-0.1, -0.05) is 30.3 Å². The summed E-state index contributed by atoms with van der Waals surface area (Å²) >= 11 is 0. The third-order valence-corrected chi connectivity index (χ3v) is 3.09. The molecular formula is C19H24O2. The predicted molar refractivity (Wildman–Crippen MR) is 86.9 cm³/mol. The van der Waals surface area contributed by atoms with Gasteiger partial charge in [-0.2, -0.15) is 0 Å². The topological polar surface area (TPSA) is 18.5 Å². The minimum absolute atomic E-state index is 0.183.